The van der Waals surface area contributed by atoms with Crippen molar-refractivity contribution in [2.45, 2.75) is 24.7 Å². The molecule has 0 saturated heterocycles. The van der Waals surface area contributed by atoms with Crippen molar-refractivity contribution in [1.82, 2.24) is 9.78 Å². The van der Waals surface area contributed by atoms with Gasteiger partial charge in [0.1, 0.15) is 11.6 Å². The molecule has 0 bridgehead atoms. The summed E-state index contributed by atoms with van der Waals surface area (Å²) in [5.41, 5.74) is 0.940. The van der Waals surface area contributed by atoms with Gasteiger partial charge in [-0.05, 0) is 29.8 Å². The van der Waals surface area contributed by atoms with E-state index in [1.807, 2.05) is 0 Å². The molecule has 0 unspecified atom stereocenters. The molecule has 3 heterocycles. The van der Waals surface area contributed by atoms with E-state index in [4.69, 9.17) is 14.2 Å². The van der Waals surface area contributed by atoms with Crippen molar-refractivity contribution in [1.29, 1.82) is 0 Å². The van der Waals surface area contributed by atoms with E-state index in [0.717, 1.165) is 4.68 Å². The second kappa shape index (κ2) is 7.91. The van der Waals surface area contributed by atoms with Crippen molar-refractivity contribution in [2.24, 2.45) is 0 Å². The molecular formula is C22H19F3N4O4. The summed E-state index contributed by atoms with van der Waals surface area (Å²) in [5, 5.41) is 9.67. The van der Waals surface area contributed by atoms with Gasteiger partial charge in [-0.3, -0.25) is 4.79 Å². The van der Waals surface area contributed by atoms with Gasteiger partial charge in [0.25, 0.3) is 5.91 Å². The number of hydrogen-bond acceptors (Lipinski definition) is 6. The van der Waals surface area contributed by atoms with Gasteiger partial charge >= 0.3 is 6.18 Å². The molecule has 0 radical (unpaired) electrons. The fourth-order valence-corrected chi connectivity index (χ4v) is 3.91. The number of rotatable bonds is 4. The Bertz CT molecular complexity index is 1190. The lowest BCUT2D eigenvalue weighted by Gasteiger charge is -2.33. The highest BCUT2D eigenvalue weighted by atomic mass is 19.4. The van der Waals surface area contributed by atoms with Crippen molar-refractivity contribution in [3.63, 3.8) is 0 Å². The Labute approximate surface area is 186 Å². The summed E-state index contributed by atoms with van der Waals surface area (Å²) in [7, 11) is 1.52. The standard InChI is InChI=1S/C22H19F3N4O4/c1-31-14-5-2-12(3-6-14)15-9-19(22(23,24)25)29-20(27-15)10-16(28-29)21(30)26-13-4-7-17-18(8-13)33-11-32-17/h2-8,10,15,19,27H,9,11H2,1H3,(H,26,30)/t15-,19-/m1/s1. The summed E-state index contributed by atoms with van der Waals surface area (Å²) in [6.07, 6.45) is -4.81. The van der Waals surface area contributed by atoms with Crippen LogP contribution < -0.4 is 24.8 Å². The van der Waals surface area contributed by atoms with E-state index in [2.05, 4.69) is 15.7 Å². The van der Waals surface area contributed by atoms with Gasteiger partial charge in [0.2, 0.25) is 6.79 Å². The number of carbonyl (C=O) groups excluding carboxylic acids is 1. The van der Waals surface area contributed by atoms with Gasteiger partial charge in [0.15, 0.2) is 23.2 Å². The molecule has 2 aliphatic rings. The number of carbonyl (C=O) groups is 1. The number of amides is 1. The Hall–Kier alpha value is -3.89. The van der Waals surface area contributed by atoms with Gasteiger partial charge < -0.3 is 24.8 Å². The van der Waals surface area contributed by atoms with E-state index in [1.165, 1.54) is 13.2 Å². The smallest absolute Gasteiger partial charge is 0.410 e. The Balaban J connectivity index is 1.41. The Morgan fingerprint density at radius 3 is 2.64 bits per heavy atom. The van der Waals surface area contributed by atoms with E-state index in [1.54, 1.807) is 42.5 Å². The van der Waals surface area contributed by atoms with Crippen molar-refractivity contribution >= 4 is 17.4 Å². The van der Waals surface area contributed by atoms with Crippen molar-refractivity contribution < 1.29 is 32.2 Å². The molecule has 1 amide bonds. The summed E-state index contributed by atoms with van der Waals surface area (Å²) in [6.45, 7) is 0.0837. The van der Waals surface area contributed by atoms with E-state index >= 15 is 0 Å². The van der Waals surface area contributed by atoms with Gasteiger partial charge in [-0.2, -0.15) is 18.3 Å². The third-order valence-corrected chi connectivity index (χ3v) is 5.57. The molecule has 33 heavy (non-hydrogen) atoms. The highest BCUT2D eigenvalue weighted by Gasteiger charge is 2.46. The highest BCUT2D eigenvalue weighted by Crippen LogP contribution is 2.44. The van der Waals surface area contributed by atoms with E-state index < -0.39 is 24.2 Å². The maximum atomic E-state index is 13.9. The zero-order valence-electron chi connectivity index (χ0n) is 17.3. The monoisotopic (exact) mass is 460 g/mol. The average Bonchev–Trinajstić information content (AvgIpc) is 3.44. The van der Waals surface area contributed by atoms with Gasteiger partial charge in [0, 0.05) is 24.2 Å². The number of ether oxygens (including phenoxy) is 3. The van der Waals surface area contributed by atoms with Crippen molar-refractivity contribution in [3.05, 3.63) is 59.8 Å². The van der Waals surface area contributed by atoms with Gasteiger partial charge in [0.05, 0.1) is 13.2 Å². The molecular weight excluding hydrogens is 441 g/mol. The van der Waals surface area contributed by atoms with Crippen LogP contribution in [0.2, 0.25) is 0 Å². The number of anilines is 2. The van der Waals surface area contributed by atoms with E-state index in [9.17, 15) is 18.0 Å². The van der Waals surface area contributed by atoms with Crippen LogP contribution in [-0.2, 0) is 0 Å². The first kappa shape index (κ1) is 21.0. The molecule has 2 atom stereocenters. The molecule has 2 aromatic carbocycles. The Morgan fingerprint density at radius 1 is 1.15 bits per heavy atom. The minimum atomic E-state index is -4.54. The predicted molar refractivity (Wildman–Crippen MR) is 112 cm³/mol. The molecule has 8 nitrogen and oxygen atoms in total. The fraction of sp³-hybridized carbons (Fsp3) is 0.273. The zero-order valence-corrected chi connectivity index (χ0v) is 17.3. The number of nitrogens with zero attached hydrogens (tertiary/aromatic N) is 2. The molecule has 3 aromatic rings. The SMILES string of the molecule is COc1ccc([C@H]2C[C@H](C(F)(F)F)n3nc(C(=O)Nc4ccc5c(c4)OCO5)cc3N2)cc1. The van der Waals surface area contributed by atoms with Crippen LogP contribution in [0.15, 0.2) is 48.5 Å². The highest BCUT2D eigenvalue weighted by molar-refractivity contribution is 6.03. The molecule has 0 aliphatic carbocycles. The lowest BCUT2D eigenvalue weighted by atomic mass is 9.97. The first-order valence-corrected chi connectivity index (χ1v) is 10.1. The number of hydrogen-bond donors (Lipinski definition) is 2. The molecule has 0 spiro atoms. The second-order valence-corrected chi connectivity index (χ2v) is 7.64. The summed E-state index contributed by atoms with van der Waals surface area (Å²) in [4.78, 5) is 12.7. The molecule has 0 fully saturated rings. The predicted octanol–water partition coefficient (Wildman–Crippen LogP) is 4.53. The van der Waals surface area contributed by atoms with Crippen LogP contribution in [0.3, 0.4) is 0 Å². The quantitative estimate of drug-likeness (QED) is 0.595. The topological polar surface area (TPSA) is 86.6 Å². The Morgan fingerprint density at radius 2 is 1.91 bits per heavy atom. The summed E-state index contributed by atoms with van der Waals surface area (Å²) in [5.74, 6) is 1.10. The zero-order chi connectivity index (χ0) is 23.2. The Kier molecular flexibility index (Phi) is 5.03. The largest absolute Gasteiger partial charge is 0.497 e. The average molecular weight is 460 g/mol. The summed E-state index contributed by atoms with van der Waals surface area (Å²) >= 11 is 0. The molecule has 2 aliphatic heterocycles. The van der Waals surface area contributed by atoms with Gasteiger partial charge in [-0.25, -0.2) is 4.68 Å². The third-order valence-electron chi connectivity index (χ3n) is 5.57. The number of alkyl halides is 3. The minimum absolute atomic E-state index is 0.0837. The molecule has 0 saturated carbocycles. The van der Waals surface area contributed by atoms with E-state index in [0.29, 0.717) is 28.5 Å². The van der Waals surface area contributed by atoms with Crippen LogP contribution in [0.1, 0.15) is 34.6 Å². The van der Waals surface area contributed by atoms with Crippen molar-refractivity contribution in [3.8, 4) is 17.2 Å². The molecule has 11 heteroatoms. The first-order valence-electron chi connectivity index (χ1n) is 10.1. The minimum Gasteiger partial charge on any atom is -0.497 e. The molecule has 5 rings (SSSR count). The fourth-order valence-electron chi connectivity index (χ4n) is 3.91. The van der Waals surface area contributed by atoms with E-state index in [-0.39, 0.29) is 24.7 Å². The number of fused-ring (bicyclic) bond motifs is 2. The van der Waals surface area contributed by atoms with Crippen LogP contribution in [0.5, 0.6) is 17.2 Å². The lowest BCUT2D eigenvalue weighted by molar-refractivity contribution is -0.173. The number of aromatic nitrogens is 2. The van der Waals surface area contributed by atoms with Crippen LogP contribution in [0.4, 0.5) is 24.7 Å². The maximum Gasteiger partial charge on any atom is 0.410 e. The van der Waals surface area contributed by atoms with Crippen LogP contribution >= 0.6 is 0 Å². The van der Waals surface area contributed by atoms with Crippen LogP contribution in [0.25, 0.3) is 0 Å². The summed E-state index contributed by atoms with van der Waals surface area (Å²) in [6, 6.07) is 10.4. The number of nitrogens with one attached hydrogen (secondary N) is 2. The molecule has 1 aromatic heterocycles. The van der Waals surface area contributed by atoms with Crippen LogP contribution in [-0.4, -0.2) is 35.8 Å². The summed E-state index contributed by atoms with van der Waals surface area (Å²) < 4.78 is 58.1. The number of methoxy groups -OCH3 is 1. The number of benzene rings is 2. The van der Waals surface area contributed by atoms with Crippen LogP contribution in [0, 0.1) is 0 Å². The third kappa shape index (κ3) is 4.01. The number of halogens is 3. The van der Waals surface area contributed by atoms with Crippen molar-refractivity contribution in [2.75, 3.05) is 24.5 Å². The van der Waals surface area contributed by atoms with Gasteiger partial charge in [-0.15, -0.1) is 0 Å². The second-order valence-electron chi connectivity index (χ2n) is 7.64. The maximum absolute atomic E-state index is 13.9. The lowest BCUT2D eigenvalue weighted by Crippen LogP contribution is -2.35. The molecule has 172 valence electrons. The molecule has 2 N–H and O–H groups in total. The first-order chi connectivity index (χ1) is 15.8. The van der Waals surface area contributed by atoms with Gasteiger partial charge in [-0.1, -0.05) is 12.1 Å². The normalized spacial score (nSPS) is 18.9.